The molecule has 32 heavy (non-hydrogen) atoms. The number of hydrogen-bond acceptors (Lipinski definition) is 4. The Morgan fingerprint density at radius 2 is 1.97 bits per heavy atom. The average molecular weight is 509 g/mol. The number of fused-ring (bicyclic) bond motifs is 1. The van der Waals surface area contributed by atoms with Crippen molar-refractivity contribution in [1.82, 2.24) is 9.78 Å². The first-order chi connectivity index (χ1) is 15.1. The summed E-state index contributed by atoms with van der Waals surface area (Å²) in [6.07, 6.45) is -5.51. The Kier molecular flexibility index (Phi) is 6.00. The van der Waals surface area contributed by atoms with Crippen molar-refractivity contribution < 1.29 is 23.1 Å². The third kappa shape index (κ3) is 4.66. The number of carbonyl (C=O) groups is 1. The van der Waals surface area contributed by atoms with Gasteiger partial charge in [0.25, 0.3) is 5.91 Å². The molecule has 0 saturated carbocycles. The Morgan fingerprint density at radius 3 is 2.62 bits per heavy atom. The second-order valence-corrected chi connectivity index (χ2v) is 8.57. The van der Waals surface area contributed by atoms with Gasteiger partial charge in [0.05, 0.1) is 12.1 Å². The molecule has 6 nitrogen and oxygen atoms in total. The van der Waals surface area contributed by atoms with E-state index < -0.39 is 30.3 Å². The Balaban J connectivity index is 1.62. The lowest BCUT2D eigenvalue weighted by Gasteiger charge is -2.33. The zero-order chi connectivity index (χ0) is 23.0. The number of hydrogen-bond donors (Lipinski definition) is 3. The highest BCUT2D eigenvalue weighted by Gasteiger charge is 2.46. The molecule has 1 aliphatic heterocycles. The maximum Gasteiger partial charge on any atom is 0.410 e. The maximum atomic E-state index is 13.8. The van der Waals surface area contributed by atoms with Gasteiger partial charge in [0.2, 0.25) is 0 Å². The van der Waals surface area contributed by atoms with Crippen LogP contribution in [0.3, 0.4) is 0 Å². The molecule has 4 rings (SSSR count). The molecule has 0 spiro atoms. The van der Waals surface area contributed by atoms with Crippen molar-refractivity contribution >= 4 is 33.3 Å². The number of benzene rings is 2. The molecule has 3 atom stereocenters. The number of aliphatic hydroxyl groups excluding tert-OH is 1. The highest BCUT2D eigenvalue weighted by Crippen LogP contribution is 2.43. The van der Waals surface area contributed by atoms with Gasteiger partial charge in [0.15, 0.2) is 11.7 Å². The van der Waals surface area contributed by atoms with E-state index in [1.54, 1.807) is 55.5 Å². The maximum absolute atomic E-state index is 13.8. The van der Waals surface area contributed by atoms with Crippen LogP contribution in [0.5, 0.6) is 0 Å². The van der Waals surface area contributed by atoms with E-state index in [2.05, 4.69) is 31.7 Å². The van der Waals surface area contributed by atoms with E-state index in [1.165, 1.54) is 6.07 Å². The zero-order valence-electron chi connectivity index (χ0n) is 16.9. The summed E-state index contributed by atoms with van der Waals surface area (Å²) in [7, 11) is 0. The minimum Gasteiger partial charge on any atom is -0.389 e. The Labute approximate surface area is 190 Å². The topological polar surface area (TPSA) is 79.2 Å². The van der Waals surface area contributed by atoms with Crippen LogP contribution in [0.2, 0.25) is 0 Å². The molecule has 1 amide bonds. The summed E-state index contributed by atoms with van der Waals surface area (Å²) in [5, 5.41) is 19.4. The second kappa shape index (κ2) is 8.59. The number of alkyl halides is 3. The number of amides is 1. The fraction of sp³-hybridized carbons (Fsp3) is 0.273. The minimum absolute atomic E-state index is 0.120. The van der Waals surface area contributed by atoms with Gasteiger partial charge in [-0.25, -0.2) is 4.68 Å². The average Bonchev–Trinajstić information content (AvgIpc) is 3.17. The number of rotatable bonds is 4. The highest BCUT2D eigenvalue weighted by atomic mass is 79.9. The molecule has 0 radical (unpaired) electrons. The van der Waals surface area contributed by atoms with Crippen LogP contribution in [0.15, 0.2) is 59.1 Å². The summed E-state index contributed by atoms with van der Waals surface area (Å²) in [4.78, 5) is 12.7. The van der Waals surface area contributed by atoms with Crippen molar-refractivity contribution in [3.05, 3.63) is 75.9 Å². The normalized spacial score (nSPS) is 19.1. The second-order valence-electron chi connectivity index (χ2n) is 7.66. The van der Waals surface area contributed by atoms with Gasteiger partial charge in [-0.2, -0.15) is 18.3 Å². The first-order valence-corrected chi connectivity index (χ1v) is 10.7. The first-order valence-electron chi connectivity index (χ1n) is 9.89. The number of aliphatic hydroxyl groups is 1. The summed E-state index contributed by atoms with van der Waals surface area (Å²) in [6, 6.07) is 12.5. The number of nitrogens with one attached hydrogen (secondary N) is 2. The van der Waals surface area contributed by atoms with E-state index in [4.69, 9.17) is 0 Å². The number of anilines is 2. The molecule has 0 fully saturated rings. The summed E-state index contributed by atoms with van der Waals surface area (Å²) >= 11 is 3.32. The Hall–Kier alpha value is -2.85. The molecular weight excluding hydrogens is 489 g/mol. The molecule has 10 heteroatoms. The fourth-order valence-electron chi connectivity index (χ4n) is 3.67. The number of nitrogens with zero attached hydrogens (tertiary/aromatic N) is 2. The van der Waals surface area contributed by atoms with Crippen molar-refractivity contribution in [1.29, 1.82) is 0 Å². The smallest absolute Gasteiger partial charge is 0.389 e. The largest absolute Gasteiger partial charge is 0.410 e. The predicted molar refractivity (Wildman–Crippen MR) is 117 cm³/mol. The van der Waals surface area contributed by atoms with Crippen LogP contribution in [0.25, 0.3) is 0 Å². The SMILES string of the molecule is C[C@H](O)c1cccc(NC(=O)c2cc3n(n2)[C@H](C(F)(F)F)C[C@@H](c2ccc(Br)cc2)N3)c1. The van der Waals surface area contributed by atoms with Crippen LogP contribution >= 0.6 is 15.9 Å². The first kappa shape index (κ1) is 22.3. The molecule has 3 N–H and O–H groups in total. The van der Waals surface area contributed by atoms with E-state index in [0.29, 0.717) is 16.8 Å². The highest BCUT2D eigenvalue weighted by molar-refractivity contribution is 9.10. The van der Waals surface area contributed by atoms with Crippen molar-refractivity contribution in [2.45, 2.75) is 37.7 Å². The lowest BCUT2D eigenvalue weighted by Crippen LogP contribution is -2.35. The van der Waals surface area contributed by atoms with E-state index >= 15 is 0 Å². The van der Waals surface area contributed by atoms with Gasteiger partial charge < -0.3 is 15.7 Å². The Bertz CT molecular complexity index is 1130. The summed E-state index contributed by atoms with van der Waals surface area (Å²) in [5.41, 5.74) is 1.58. The van der Waals surface area contributed by atoms with Crippen LogP contribution in [0, 0.1) is 0 Å². The summed E-state index contributed by atoms with van der Waals surface area (Å²) in [5.74, 6) is -0.521. The molecule has 2 heterocycles. The van der Waals surface area contributed by atoms with Crippen LogP contribution in [-0.4, -0.2) is 27.0 Å². The lowest BCUT2D eigenvalue weighted by molar-refractivity contribution is -0.173. The van der Waals surface area contributed by atoms with Crippen molar-refractivity contribution in [3.8, 4) is 0 Å². The van der Waals surface area contributed by atoms with E-state index in [9.17, 15) is 23.1 Å². The summed E-state index contributed by atoms with van der Waals surface area (Å²) < 4.78 is 43.1. The number of aromatic nitrogens is 2. The van der Waals surface area contributed by atoms with Crippen LogP contribution in [-0.2, 0) is 0 Å². The molecule has 168 valence electrons. The van der Waals surface area contributed by atoms with Crippen molar-refractivity contribution in [3.63, 3.8) is 0 Å². The quantitative estimate of drug-likeness (QED) is 0.427. The number of halogens is 4. The van der Waals surface area contributed by atoms with Gasteiger partial charge in [-0.1, -0.05) is 40.2 Å². The van der Waals surface area contributed by atoms with Crippen LogP contribution < -0.4 is 10.6 Å². The van der Waals surface area contributed by atoms with Gasteiger partial charge in [-0.15, -0.1) is 0 Å². The van der Waals surface area contributed by atoms with Gasteiger partial charge in [-0.05, 0) is 42.3 Å². The standard InChI is InChI=1S/C22H20BrF3N4O2/c1-12(31)14-3-2-4-16(9-14)27-21(32)18-11-20-28-17(13-5-7-15(23)8-6-13)10-19(22(24,25)26)30(20)29-18/h2-9,11-12,17,19,28,31H,10H2,1H3,(H,27,32)/t12-,17-,19-/m0/s1. The third-order valence-corrected chi connectivity index (χ3v) is 5.85. The molecule has 1 aliphatic rings. The van der Waals surface area contributed by atoms with E-state index in [-0.39, 0.29) is 17.9 Å². The van der Waals surface area contributed by atoms with E-state index in [1.807, 2.05) is 0 Å². The minimum atomic E-state index is -4.53. The molecular formula is C22H20BrF3N4O2. The van der Waals surface area contributed by atoms with Crippen molar-refractivity contribution in [2.75, 3.05) is 10.6 Å². The zero-order valence-corrected chi connectivity index (χ0v) is 18.5. The van der Waals surface area contributed by atoms with Crippen LogP contribution in [0.1, 0.15) is 53.1 Å². The predicted octanol–water partition coefficient (Wildman–Crippen LogP) is 5.61. The Morgan fingerprint density at radius 1 is 1.25 bits per heavy atom. The van der Waals surface area contributed by atoms with Crippen LogP contribution in [0.4, 0.5) is 24.7 Å². The molecule has 0 saturated heterocycles. The lowest BCUT2D eigenvalue weighted by atomic mass is 9.97. The summed E-state index contributed by atoms with van der Waals surface area (Å²) in [6.45, 7) is 1.59. The monoisotopic (exact) mass is 508 g/mol. The van der Waals surface area contributed by atoms with Gasteiger partial charge in [0.1, 0.15) is 5.82 Å². The molecule has 1 aromatic heterocycles. The fourth-order valence-corrected chi connectivity index (χ4v) is 3.93. The molecule has 2 aromatic carbocycles. The van der Waals surface area contributed by atoms with E-state index in [0.717, 1.165) is 9.15 Å². The van der Waals surface area contributed by atoms with Gasteiger partial charge in [-0.3, -0.25) is 4.79 Å². The van der Waals surface area contributed by atoms with Gasteiger partial charge >= 0.3 is 6.18 Å². The third-order valence-electron chi connectivity index (χ3n) is 5.32. The number of carbonyl (C=O) groups excluding carboxylic acids is 1. The van der Waals surface area contributed by atoms with Gasteiger partial charge in [0, 0.05) is 22.6 Å². The molecule has 3 aromatic rings. The molecule has 0 aliphatic carbocycles. The molecule has 0 unspecified atom stereocenters. The van der Waals surface area contributed by atoms with Crippen molar-refractivity contribution in [2.24, 2.45) is 0 Å². The molecule has 0 bridgehead atoms.